The van der Waals surface area contributed by atoms with Crippen LogP contribution in [0.2, 0.25) is 0 Å². The normalized spacial score (nSPS) is 15.3. The Balaban J connectivity index is 2.64. The number of hydrogen-bond acceptors (Lipinski definition) is 1. The Hall–Kier alpha value is -0.820. The Labute approximate surface area is 93.7 Å². The highest BCUT2D eigenvalue weighted by Gasteiger charge is 2.08. The molecule has 2 unspecified atom stereocenters. The van der Waals surface area contributed by atoms with Crippen LogP contribution in [0.15, 0.2) is 24.3 Å². The van der Waals surface area contributed by atoms with Gasteiger partial charge in [-0.1, -0.05) is 45.0 Å². The average molecular weight is 205 g/mol. The second kappa shape index (κ2) is 5.32. The summed E-state index contributed by atoms with van der Waals surface area (Å²) in [5, 5.41) is 0. The van der Waals surface area contributed by atoms with Crippen molar-refractivity contribution in [2.45, 2.75) is 46.1 Å². The molecule has 2 atom stereocenters. The van der Waals surface area contributed by atoms with E-state index in [1.54, 1.807) is 0 Å². The molecule has 0 aromatic heterocycles. The summed E-state index contributed by atoms with van der Waals surface area (Å²) in [4.78, 5) is 0. The number of rotatable bonds is 4. The van der Waals surface area contributed by atoms with E-state index in [0.717, 1.165) is 6.42 Å². The smallest absolute Gasteiger partial charge is 0.00393 e. The lowest BCUT2D eigenvalue weighted by molar-refractivity contribution is 0.481. The minimum atomic E-state index is 0.273. The van der Waals surface area contributed by atoms with Crippen LogP contribution in [0.3, 0.4) is 0 Å². The number of nitrogens with two attached hydrogens (primary N) is 1. The van der Waals surface area contributed by atoms with Crippen LogP contribution >= 0.6 is 0 Å². The highest BCUT2D eigenvalue weighted by atomic mass is 14.6. The molecule has 84 valence electrons. The largest absolute Gasteiger partial charge is 0.328 e. The Kier molecular flexibility index (Phi) is 4.34. The van der Waals surface area contributed by atoms with Crippen LogP contribution in [-0.2, 0) is 6.42 Å². The van der Waals surface area contributed by atoms with Crippen molar-refractivity contribution in [2.75, 3.05) is 0 Å². The summed E-state index contributed by atoms with van der Waals surface area (Å²) < 4.78 is 0. The second-order valence-corrected chi connectivity index (χ2v) is 4.94. The van der Waals surface area contributed by atoms with E-state index in [0.29, 0.717) is 11.8 Å². The summed E-state index contributed by atoms with van der Waals surface area (Å²) in [5.41, 5.74) is 8.66. The zero-order valence-electron chi connectivity index (χ0n) is 10.3. The van der Waals surface area contributed by atoms with Gasteiger partial charge in [0.25, 0.3) is 0 Å². The molecule has 0 bridgehead atoms. The van der Waals surface area contributed by atoms with Gasteiger partial charge in [0, 0.05) is 6.04 Å². The predicted octanol–water partition coefficient (Wildman–Crippen LogP) is 3.34. The molecular weight excluding hydrogens is 182 g/mol. The lowest BCUT2D eigenvalue weighted by Crippen LogP contribution is -2.25. The van der Waals surface area contributed by atoms with E-state index >= 15 is 0 Å². The lowest BCUT2D eigenvalue weighted by Gasteiger charge is -2.15. The van der Waals surface area contributed by atoms with Gasteiger partial charge in [-0.05, 0) is 36.3 Å². The van der Waals surface area contributed by atoms with Crippen LogP contribution in [0, 0.1) is 5.92 Å². The Morgan fingerprint density at radius 2 is 1.53 bits per heavy atom. The highest BCUT2D eigenvalue weighted by molar-refractivity contribution is 5.25. The third-order valence-corrected chi connectivity index (χ3v) is 3.10. The standard InChI is InChI=1S/C14H23N/c1-10(2)14-7-5-13(6-8-14)9-11(3)12(4)15/h5-8,10-12H,9,15H2,1-4H3. The Morgan fingerprint density at radius 3 is 1.93 bits per heavy atom. The minimum Gasteiger partial charge on any atom is -0.328 e. The monoisotopic (exact) mass is 205 g/mol. The molecule has 0 saturated heterocycles. The molecule has 0 amide bonds. The van der Waals surface area contributed by atoms with Crippen LogP contribution in [0.1, 0.15) is 44.7 Å². The van der Waals surface area contributed by atoms with Crippen LogP contribution in [0.25, 0.3) is 0 Å². The van der Waals surface area contributed by atoms with Crippen molar-refractivity contribution in [3.8, 4) is 0 Å². The van der Waals surface area contributed by atoms with E-state index in [2.05, 4.69) is 52.0 Å². The van der Waals surface area contributed by atoms with Gasteiger partial charge in [-0.3, -0.25) is 0 Å². The fourth-order valence-electron chi connectivity index (χ4n) is 1.60. The van der Waals surface area contributed by atoms with Gasteiger partial charge in [0.1, 0.15) is 0 Å². The fourth-order valence-corrected chi connectivity index (χ4v) is 1.60. The maximum absolute atomic E-state index is 5.86. The summed E-state index contributed by atoms with van der Waals surface area (Å²) >= 11 is 0. The van der Waals surface area contributed by atoms with E-state index in [1.165, 1.54) is 11.1 Å². The first-order chi connectivity index (χ1) is 7.00. The topological polar surface area (TPSA) is 26.0 Å². The van der Waals surface area contributed by atoms with Crippen LogP contribution < -0.4 is 5.73 Å². The third-order valence-electron chi connectivity index (χ3n) is 3.10. The van der Waals surface area contributed by atoms with E-state index < -0.39 is 0 Å². The fraction of sp³-hybridized carbons (Fsp3) is 0.571. The summed E-state index contributed by atoms with van der Waals surface area (Å²) in [6, 6.07) is 9.19. The Morgan fingerprint density at radius 1 is 1.00 bits per heavy atom. The third kappa shape index (κ3) is 3.67. The Bertz CT molecular complexity index is 285. The van der Waals surface area contributed by atoms with Gasteiger partial charge < -0.3 is 5.73 Å². The number of benzene rings is 1. The van der Waals surface area contributed by atoms with Gasteiger partial charge >= 0.3 is 0 Å². The molecule has 15 heavy (non-hydrogen) atoms. The van der Waals surface area contributed by atoms with Crippen LogP contribution in [-0.4, -0.2) is 6.04 Å². The van der Waals surface area contributed by atoms with Crippen LogP contribution in [0.5, 0.6) is 0 Å². The first-order valence-electron chi connectivity index (χ1n) is 5.85. The van der Waals surface area contributed by atoms with Crippen molar-refractivity contribution in [2.24, 2.45) is 11.7 Å². The maximum Gasteiger partial charge on any atom is 0.00393 e. The molecule has 2 N–H and O–H groups in total. The zero-order chi connectivity index (χ0) is 11.4. The maximum atomic E-state index is 5.86. The van der Waals surface area contributed by atoms with Gasteiger partial charge in [0.2, 0.25) is 0 Å². The van der Waals surface area contributed by atoms with Crippen LogP contribution in [0.4, 0.5) is 0 Å². The quantitative estimate of drug-likeness (QED) is 0.801. The van der Waals surface area contributed by atoms with Crippen molar-refractivity contribution >= 4 is 0 Å². The molecule has 0 aliphatic carbocycles. The minimum absolute atomic E-state index is 0.273. The first-order valence-corrected chi connectivity index (χ1v) is 5.85. The molecule has 0 aliphatic rings. The summed E-state index contributed by atoms with van der Waals surface area (Å²) in [6.07, 6.45) is 1.08. The zero-order valence-corrected chi connectivity index (χ0v) is 10.3. The van der Waals surface area contributed by atoms with Gasteiger partial charge in [0.05, 0.1) is 0 Å². The summed E-state index contributed by atoms with van der Waals surface area (Å²) in [6.45, 7) is 8.73. The van der Waals surface area contributed by atoms with E-state index in [-0.39, 0.29) is 6.04 Å². The van der Waals surface area contributed by atoms with Gasteiger partial charge in [0.15, 0.2) is 0 Å². The van der Waals surface area contributed by atoms with Crippen molar-refractivity contribution in [3.63, 3.8) is 0 Å². The second-order valence-electron chi connectivity index (χ2n) is 4.94. The number of hydrogen-bond donors (Lipinski definition) is 1. The molecule has 0 aliphatic heterocycles. The molecule has 0 heterocycles. The van der Waals surface area contributed by atoms with Gasteiger partial charge in [-0.25, -0.2) is 0 Å². The molecule has 1 nitrogen and oxygen atoms in total. The summed E-state index contributed by atoms with van der Waals surface area (Å²) in [7, 11) is 0. The molecule has 1 aromatic carbocycles. The molecule has 1 rings (SSSR count). The van der Waals surface area contributed by atoms with E-state index in [9.17, 15) is 0 Å². The molecule has 0 saturated carbocycles. The average Bonchev–Trinajstić information content (AvgIpc) is 2.18. The SMILES string of the molecule is CC(C)c1ccc(CC(C)C(C)N)cc1. The van der Waals surface area contributed by atoms with Crippen molar-refractivity contribution in [1.29, 1.82) is 0 Å². The molecule has 1 aromatic rings. The highest BCUT2D eigenvalue weighted by Crippen LogP contribution is 2.17. The molecule has 1 heteroatoms. The lowest BCUT2D eigenvalue weighted by atomic mass is 9.94. The van der Waals surface area contributed by atoms with E-state index in [1.807, 2.05) is 0 Å². The molecule has 0 fully saturated rings. The first kappa shape index (κ1) is 12.3. The summed E-state index contributed by atoms with van der Waals surface area (Å²) in [5.74, 6) is 1.17. The van der Waals surface area contributed by atoms with E-state index in [4.69, 9.17) is 5.73 Å². The van der Waals surface area contributed by atoms with Gasteiger partial charge in [-0.15, -0.1) is 0 Å². The molecule has 0 radical (unpaired) electrons. The van der Waals surface area contributed by atoms with Crippen molar-refractivity contribution < 1.29 is 0 Å². The molecule has 0 spiro atoms. The predicted molar refractivity (Wildman–Crippen MR) is 67.0 cm³/mol. The van der Waals surface area contributed by atoms with Gasteiger partial charge in [-0.2, -0.15) is 0 Å². The van der Waals surface area contributed by atoms with Crippen molar-refractivity contribution in [1.82, 2.24) is 0 Å². The molecular formula is C14H23N. The van der Waals surface area contributed by atoms with Crippen molar-refractivity contribution in [3.05, 3.63) is 35.4 Å².